The summed E-state index contributed by atoms with van der Waals surface area (Å²) in [6.07, 6.45) is -9.28. The van der Waals surface area contributed by atoms with Crippen LogP contribution in [-0.4, -0.2) is 235 Å². The Morgan fingerprint density at radius 1 is 0.560 bits per heavy atom. The highest BCUT2D eigenvalue weighted by atomic mass is 31.3. The standard InChI is InChI=1S/C62H96N14O34P6/c1-59(2,39(77)14-22-65-41(79)16-24-67-55(85)49(83)60(3,4)29-103-115(97,98)109-113(93,94)101-27-37-47(107-111(87,88)89)45(81)57(105-37)75-33-73-43-51(63)69-31-71-53(43)75)18-8-12-35-10-7-11-36(26-35)13-9-19-62(20-21-62)40(78)15-23-66-42(80)17-25-68-56(86)50(84)61(5,6)30-104-116(99,100)110-114(95,96)102-28-38-48(108-112(90,91)92)46(82)58(106-38)76-34-74-44-52(64)70-32-72-54(44)76/h7,10-11,26,31-34,37-38,45-50,57-58,81-84H,8-9,12-25,27-30H2,1-6H3,(H,65,79)(H,66,80)(H,67,85)(H,68,86)(H,93,94)(H,95,96)(H,97,98)(H,99,100)(H2,63,69,71)(H2,64,70,72)(H2,87,88,89)(H2,90,91,92). The number of benzene rings is 1. The molecule has 6 heterocycles. The van der Waals surface area contributed by atoms with Gasteiger partial charge in [-0.15, -0.1) is 0 Å². The van der Waals surface area contributed by atoms with Gasteiger partial charge in [-0.2, -0.15) is 8.62 Å². The lowest BCUT2D eigenvalue weighted by atomic mass is 9.81. The molecule has 1 saturated carbocycles. The normalized spacial score (nSPS) is 22.5. The van der Waals surface area contributed by atoms with E-state index in [1.807, 2.05) is 32.0 Å². The number of Topliss-reactive ketones (excluding diaryl/α,β-unsaturated/α-hetero) is 2. The van der Waals surface area contributed by atoms with Gasteiger partial charge in [-0.1, -0.05) is 65.8 Å². The number of nitrogens with two attached hydrogens (primary N) is 2. The Morgan fingerprint density at radius 2 is 0.957 bits per heavy atom. The zero-order valence-electron chi connectivity index (χ0n) is 63.3. The summed E-state index contributed by atoms with van der Waals surface area (Å²) in [4.78, 5) is 181. The fourth-order valence-corrected chi connectivity index (χ4v) is 18.0. The number of fused-ring (bicyclic) bond motifs is 2. The summed E-state index contributed by atoms with van der Waals surface area (Å²) in [6, 6.07) is 8.00. The largest absolute Gasteiger partial charge is 0.481 e. The third kappa shape index (κ3) is 27.1. The number of imidazole rings is 2. The Bertz CT molecular complexity index is 4370. The molecule has 3 fully saturated rings. The van der Waals surface area contributed by atoms with Crippen molar-refractivity contribution in [2.75, 3.05) is 64.1 Å². The first kappa shape index (κ1) is 95.1. The van der Waals surface area contributed by atoms with E-state index in [1.54, 1.807) is 0 Å². The maximum absolute atomic E-state index is 13.4. The number of hydrogen-bond donors (Lipinski definition) is 18. The van der Waals surface area contributed by atoms with Gasteiger partial charge in [0.25, 0.3) is 0 Å². The zero-order valence-corrected chi connectivity index (χ0v) is 68.7. The van der Waals surface area contributed by atoms with E-state index in [0.717, 1.165) is 45.6 Å². The molecule has 0 radical (unpaired) electrons. The lowest BCUT2D eigenvalue weighted by Crippen LogP contribution is -2.46. The highest BCUT2D eigenvalue weighted by molar-refractivity contribution is 7.61. The number of carbonyl (C=O) groups is 6. The summed E-state index contributed by atoms with van der Waals surface area (Å²) in [7, 11) is -33.3. The van der Waals surface area contributed by atoms with Crippen molar-refractivity contribution in [2.45, 2.75) is 180 Å². The molecule has 648 valence electrons. The van der Waals surface area contributed by atoms with Crippen LogP contribution in [0.3, 0.4) is 0 Å². The molecule has 20 N–H and O–H groups in total. The number of aliphatic hydroxyl groups is 4. The number of aromatic nitrogens is 8. The summed E-state index contributed by atoms with van der Waals surface area (Å²) >= 11 is 0. The first-order valence-corrected chi connectivity index (χ1v) is 44.8. The fourth-order valence-electron chi connectivity index (χ4n) is 12.4. The Hall–Kier alpha value is -6.36. The number of aryl methyl sites for hydroxylation is 2. The molecule has 1 aromatic carbocycles. The first-order valence-electron chi connectivity index (χ1n) is 35.7. The molecule has 0 bridgehead atoms. The van der Waals surface area contributed by atoms with Gasteiger partial charge in [-0.3, -0.25) is 65.0 Å². The van der Waals surface area contributed by atoms with Crippen LogP contribution in [0.4, 0.5) is 11.6 Å². The fraction of sp³-hybridized carbons (Fsp3) is 0.645. The molecule has 116 heavy (non-hydrogen) atoms. The molecule has 4 aromatic heterocycles. The van der Waals surface area contributed by atoms with E-state index in [4.69, 9.17) is 39.0 Å². The van der Waals surface area contributed by atoms with Crippen LogP contribution < -0.4 is 32.7 Å². The molecule has 48 nitrogen and oxygen atoms in total. The third-order valence-corrected chi connectivity index (χ3v) is 25.3. The Labute approximate surface area is 661 Å². The quantitative estimate of drug-likeness (QED) is 0.0241. The van der Waals surface area contributed by atoms with Crippen molar-refractivity contribution in [3.05, 3.63) is 60.7 Å². The number of ether oxygens (including phenoxy) is 2. The van der Waals surface area contributed by atoms with Crippen LogP contribution in [0, 0.1) is 21.7 Å². The SMILES string of the molecule is CC(C)(CCCc1cccc(CCCC2(C(=O)CCNC(=O)CCNC(=O)C(O)C(C)(C)COP(=O)(O)OP(=O)(O)OCC3OC(n4cnc5c(N)ncnc54)C(O)C3OP(=O)(O)O)CC2)c1)C(=O)CCNC(=O)CCNC(=O)C(O)C(C)(C)COP(=O)(O)OP(=O)(O)OCC1OC(n2cnc3c(N)ncnc32)C(O)C1OP(=O)(O)O. The smallest absolute Gasteiger partial charge is 0.386 e. The van der Waals surface area contributed by atoms with Crippen molar-refractivity contribution in [3.63, 3.8) is 0 Å². The van der Waals surface area contributed by atoms with Crippen molar-refractivity contribution in [1.82, 2.24) is 60.3 Å². The van der Waals surface area contributed by atoms with Gasteiger partial charge in [0.1, 0.15) is 84.1 Å². The van der Waals surface area contributed by atoms with Gasteiger partial charge in [-0.25, -0.2) is 57.3 Å². The summed E-state index contributed by atoms with van der Waals surface area (Å²) in [6.45, 7) is 3.70. The van der Waals surface area contributed by atoms with E-state index in [-0.39, 0.29) is 97.4 Å². The number of nitrogens with zero attached hydrogens (tertiary/aromatic N) is 8. The average molecular weight is 1770 g/mol. The molecule has 2 saturated heterocycles. The Balaban J connectivity index is 0.653. The highest BCUT2D eigenvalue weighted by Gasteiger charge is 2.53. The minimum Gasteiger partial charge on any atom is -0.386 e. The van der Waals surface area contributed by atoms with Gasteiger partial charge in [0.2, 0.25) is 23.6 Å². The molecule has 5 aromatic rings. The second-order valence-corrected chi connectivity index (χ2v) is 38.1. The van der Waals surface area contributed by atoms with E-state index >= 15 is 0 Å². The summed E-state index contributed by atoms with van der Waals surface area (Å²) < 4.78 is 126. The molecule has 14 atom stereocenters. The average Bonchev–Trinajstić information content (AvgIpc) is 1.63. The van der Waals surface area contributed by atoms with Crippen molar-refractivity contribution >= 4 is 116 Å². The van der Waals surface area contributed by atoms with Crippen LogP contribution in [0.2, 0.25) is 0 Å². The van der Waals surface area contributed by atoms with Gasteiger partial charge in [0, 0.05) is 73.5 Å². The van der Waals surface area contributed by atoms with Gasteiger partial charge >= 0.3 is 46.9 Å². The summed E-state index contributed by atoms with van der Waals surface area (Å²) in [5.41, 5.74) is 9.17. The molecule has 2 aliphatic heterocycles. The second kappa shape index (κ2) is 39.0. The first-order chi connectivity index (χ1) is 53.8. The predicted molar refractivity (Wildman–Crippen MR) is 396 cm³/mol. The number of rotatable bonds is 48. The van der Waals surface area contributed by atoms with Crippen molar-refractivity contribution < 1.29 is 161 Å². The topological polar surface area (TPSA) is 727 Å². The third-order valence-electron chi connectivity index (χ3n) is 19.1. The van der Waals surface area contributed by atoms with Crippen LogP contribution >= 0.6 is 46.9 Å². The van der Waals surface area contributed by atoms with Crippen LogP contribution in [0.5, 0.6) is 0 Å². The second-order valence-electron chi connectivity index (χ2n) is 29.7. The van der Waals surface area contributed by atoms with Crippen LogP contribution in [-0.2, 0) is 114 Å². The number of aliphatic hydroxyl groups excluding tert-OH is 4. The monoisotopic (exact) mass is 1770 g/mol. The van der Waals surface area contributed by atoms with Crippen molar-refractivity contribution in [2.24, 2.45) is 21.7 Å². The maximum Gasteiger partial charge on any atom is 0.481 e. The van der Waals surface area contributed by atoms with E-state index < -0.39 is 180 Å². The molecule has 14 unspecified atom stereocenters. The number of phosphoric ester groups is 6. The number of hydrogen-bond acceptors (Lipinski definition) is 34. The van der Waals surface area contributed by atoms with Gasteiger partial charge < -0.3 is 102 Å². The zero-order chi connectivity index (χ0) is 86.0. The van der Waals surface area contributed by atoms with E-state index in [9.17, 15) is 116 Å². The van der Waals surface area contributed by atoms with Crippen molar-refractivity contribution in [3.8, 4) is 0 Å². The molecule has 4 amide bonds. The molecule has 8 rings (SSSR count). The van der Waals surface area contributed by atoms with Gasteiger partial charge in [-0.05, 0) is 62.5 Å². The Kier molecular flexibility index (Phi) is 32.0. The molecular formula is C62H96N14O34P6. The van der Waals surface area contributed by atoms with Crippen LogP contribution in [0.25, 0.3) is 22.3 Å². The Morgan fingerprint density at radius 3 is 1.37 bits per heavy atom. The van der Waals surface area contributed by atoms with Gasteiger partial charge in [0.15, 0.2) is 35.4 Å². The highest BCUT2D eigenvalue weighted by Crippen LogP contribution is 2.63. The lowest BCUT2D eigenvalue weighted by molar-refractivity contribution is -0.137. The van der Waals surface area contributed by atoms with Crippen LogP contribution in [0.15, 0.2) is 49.6 Å². The number of anilines is 2. The summed E-state index contributed by atoms with van der Waals surface area (Å²) in [5.74, 6) is -3.39. The number of nitrogens with one attached hydrogen (secondary N) is 4. The lowest BCUT2D eigenvalue weighted by Gasteiger charge is -2.30. The maximum atomic E-state index is 13.4. The number of ketones is 2. The molecule has 1 aliphatic carbocycles. The van der Waals surface area contributed by atoms with Crippen molar-refractivity contribution in [1.29, 1.82) is 0 Å². The predicted octanol–water partition coefficient (Wildman–Crippen LogP) is 0.894. The van der Waals surface area contributed by atoms with Gasteiger partial charge in [0.05, 0.1) is 39.1 Å². The molecule has 54 heteroatoms. The van der Waals surface area contributed by atoms with Crippen LogP contribution in [0.1, 0.15) is 129 Å². The minimum atomic E-state index is -5.65. The van der Waals surface area contributed by atoms with E-state index in [1.165, 1.54) is 27.7 Å². The minimum absolute atomic E-state index is 0.000743. The number of nitrogen functional groups attached to an aromatic ring is 2. The molecule has 3 aliphatic rings. The van der Waals surface area contributed by atoms with E-state index in [2.05, 4.69) is 74.9 Å². The molecule has 0 spiro atoms. The number of phosphoric acid groups is 6. The summed E-state index contributed by atoms with van der Waals surface area (Å²) in [5, 5.41) is 53.6. The molecular weight excluding hydrogens is 1670 g/mol. The van der Waals surface area contributed by atoms with E-state index in [0.29, 0.717) is 51.4 Å². The number of carbonyl (C=O) groups excluding carboxylic acids is 6. The number of amides is 4.